The molecule has 0 fully saturated rings. The minimum atomic E-state index is -0.490. The number of methoxy groups -OCH3 is 1. The summed E-state index contributed by atoms with van der Waals surface area (Å²) >= 11 is 1.35. The SMILES string of the molecule is COc1cc(C(=O)OCc2csc(CC(=O)Nc3ccc(C)cc3)n2)ccc1OCC(C)C. The minimum absolute atomic E-state index is 0.0167. The van der Waals surface area contributed by atoms with Crippen LogP contribution < -0.4 is 14.8 Å². The molecule has 0 saturated heterocycles. The van der Waals surface area contributed by atoms with Gasteiger partial charge in [0, 0.05) is 11.1 Å². The summed E-state index contributed by atoms with van der Waals surface area (Å²) in [6, 6.07) is 12.5. The fourth-order valence-electron chi connectivity index (χ4n) is 2.87. The monoisotopic (exact) mass is 468 g/mol. The first-order valence-electron chi connectivity index (χ1n) is 10.6. The first-order valence-corrected chi connectivity index (χ1v) is 11.5. The number of hydrogen-bond acceptors (Lipinski definition) is 7. The summed E-state index contributed by atoms with van der Waals surface area (Å²) in [6.07, 6.45) is 0.154. The van der Waals surface area contributed by atoms with Gasteiger partial charge in [0.05, 0.1) is 31.4 Å². The van der Waals surface area contributed by atoms with Gasteiger partial charge >= 0.3 is 5.97 Å². The molecule has 3 rings (SSSR count). The first kappa shape index (κ1) is 24.3. The van der Waals surface area contributed by atoms with Crippen LogP contribution in [-0.4, -0.2) is 30.6 Å². The zero-order valence-electron chi connectivity index (χ0n) is 19.2. The maximum atomic E-state index is 12.5. The molecule has 1 heterocycles. The minimum Gasteiger partial charge on any atom is -0.493 e. The Hall–Kier alpha value is -3.39. The molecular formula is C25H28N2O5S. The van der Waals surface area contributed by atoms with Crippen molar-refractivity contribution in [2.45, 2.75) is 33.8 Å². The van der Waals surface area contributed by atoms with E-state index in [-0.39, 0.29) is 18.9 Å². The molecule has 0 saturated carbocycles. The largest absolute Gasteiger partial charge is 0.493 e. The second-order valence-electron chi connectivity index (χ2n) is 7.97. The topological polar surface area (TPSA) is 86.8 Å². The van der Waals surface area contributed by atoms with Crippen molar-refractivity contribution in [2.24, 2.45) is 5.92 Å². The molecule has 3 aromatic rings. The highest BCUT2D eigenvalue weighted by Gasteiger charge is 2.14. The van der Waals surface area contributed by atoms with Crippen molar-refractivity contribution in [3.05, 3.63) is 69.7 Å². The Morgan fingerprint density at radius 3 is 2.55 bits per heavy atom. The van der Waals surface area contributed by atoms with Gasteiger partial charge < -0.3 is 19.5 Å². The van der Waals surface area contributed by atoms with Gasteiger partial charge in [-0.1, -0.05) is 31.5 Å². The predicted octanol–water partition coefficient (Wildman–Crippen LogP) is 5.03. The fraction of sp³-hybridized carbons (Fsp3) is 0.320. The van der Waals surface area contributed by atoms with Crippen LogP contribution >= 0.6 is 11.3 Å². The number of anilines is 1. The van der Waals surface area contributed by atoms with Crippen LogP contribution in [0.15, 0.2) is 47.8 Å². The lowest BCUT2D eigenvalue weighted by molar-refractivity contribution is -0.115. The van der Waals surface area contributed by atoms with Crippen LogP contribution in [0.1, 0.15) is 40.5 Å². The van der Waals surface area contributed by atoms with Gasteiger partial charge in [0.25, 0.3) is 0 Å². The molecule has 1 N–H and O–H groups in total. The zero-order chi connectivity index (χ0) is 23.8. The zero-order valence-corrected chi connectivity index (χ0v) is 20.0. The number of benzene rings is 2. The molecule has 7 nitrogen and oxygen atoms in total. The summed E-state index contributed by atoms with van der Waals surface area (Å²) in [6.45, 7) is 6.67. The maximum Gasteiger partial charge on any atom is 0.338 e. The number of esters is 1. The summed E-state index contributed by atoms with van der Waals surface area (Å²) in [5, 5.41) is 5.28. The van der Waals surface area contributed by atoms with Crippen LogP contribution in [0.5, 0.6) is 11.5 Å². The van der Waals surface area contributed by atoms with Crippen molar-refractivity contribution < 1.29 is 23.8 Å². The van der Waals surface area contributed by atoms with Gasteiger partial charge in [-0.05, 0) is 43.2 Å². The number of nitrogens with one attached hydrogen (secondary N) is 1. The number of amides is 1. The standard InChI is InChI=1S/C25H28N2O5S/c1-16(2)13-31-21-10-7-18(11-22(21)30-4)25(29)32-14-20-15-33-24(27-20)12-23(28)26-19-8-5-17(3)6-9-19/h5-11,15-16H,12-14H2,1-4H3,(H,26,28). The summed E-state index contributed by atoms with van der Waals surface area (Å²) in [5.41, 5.74) is 2.82. The van der Waals surface area contributed by atoms with Crippen LogP contribution in [0.3, 0.4) is 0 Å². The van der Waals surface area contributed by atoms with Crippen LogP contribution in [0.4, 0.5) is 5.69 Å². The molecule has 0 spiro atoms. The molecule has 8 heteroatoms. The van der Waals surface area contributed by atoms with Crippen LogP contribution in [-0.2, 0) is 22.6 Å². The normalized spacial score (nSPS) is 10.7. The van der Waals surface area contributed by atoms with Gasteiger partial charge in [0.1, 0.15) is 11.6 Å². The molecule has 2 aromatic carbocycles. The van der Waals surface area contributed by atoms with Crippen molar-refractivity contribution in [3.8, 4) is 11.5 Å². The van der Waals surface area contributed by atoms with E-state index in [0.29, 0.717) is 40.3 Å². The molecule has 0 aliphatic rings. The number of hydrogen-bond donors (Lipinski definition) is 1. The highest BCUT2D eigenvalue weighted by Crippen LogP contribution is 2.29. The first-order chi connectivity index (χ1) is 15.8. The van der Waals surface area contributed by atoms with Crippen molar-refractivity contribution in [3.63, 3.8) is 0 Å². The van der Waals surface area contributed by atoms with E-state index in [4.69, 9.17) is 14.2 Å². The Balaban J connectivity index is 1.52. The van der Waals surface area contributed by atoms with Crippen LogP contribution in [0, 0.1) is 12.8 Å². The van der Waals surface area contributed by atoms with Gasteiger partial charge in [0.2, 0.25) is 5.91 Å². The van der Waals surface area contributed by atoms with Crippen molar-refractivity contribution in [1.82, 2.24) is 4.98 Å². The molecule has 1 aromatic heterocycles. The van der Waals surface area contributed by atoms with Gasteiger partial charge in [-0.15, -0.1) is 11.3 Å². The molecule has 1 amide bonds. The molecule has 0 bridgehead atoms. The summed E-state index contributed by atoms with van der Waals surface area (Å²) in [7, 11) is 1.53. The van der Waals surface area contributed by atoms with Gasteiger partial charge in [0.15, 0.2) is 11.5 Å². The lowest BCUT2D eigenvalue weighted by atomic mass is 10.2. The van der Waals surface area contributed by atoms with E-state index in [2.05, 4.69) is 24.1 Å². The number of aromatic nitrogens is 1. The smallest absolute Gasteiger partial charge is 0.338 e. The average Bonchev–Trinajstić information content (AvgIpc) is 3.24. The molecule has 0 aliphatic carbocycles. The predicted molar refractivity (Wildman–Crippen MR) is 128 cm³/mol. The number of carbonyl (C=O) groups excluding carboxylic acids is 2. The number of rotatable bonds is 10. The lowest BCUT2D eigenvalue weighted by Gasteiger charge is -2.13. The fourth-order valence-corrected chi connectivity index (χ4v) is 3.65. The van der Waals surface area contributed by atoms with E-state index in [9.17, 15) is 9.59 Å². The lowest BCUT2D eigenvalue weighted by Crippen LogP contribution is -2.14. The number of carbonyl (C=O) groups is 2. The summed E-state index contributed by atoms with van der Waals surface area (Å²) in [5.74, 6) is 0.784. The van der Waals surface area contributed by atoms with E-state index in [1.165, 1.54) is 18.4 Å². The van der Waals surface area contributed by atoms with E-state index >= 15 is 0 Å². The number of aryl methyl sites for hydroxylation is 1. The Bertz CT molecular complexity index is 1090. The Morgan fingerprint density at radius 2 is 1.85 bits per heavy atom. The Kier molecular flexibility index (Phi) is 8.43. The average molecular weight is 469 g/mol. The molecule has 0 atom stereocenters. The third kappa shape index (κ3) is 7.32. The summed E-state index contributed by atoms with van der Waals surface area (Å²) < 4.78 is 16.4. The third-order valence-corrected chi connectivity index (χ3v) is 5.47. The highest BCUT2D eigenvalue weighted by molar-refractivity contribution is 7.09. The van der Waals surface area contributed by atoms with E-state index in [1.54, 1.807) is 23.6 Å². The molecule has 0 radical (unpaired) electrons. The quantitative estimate of drug-likeness (QED) is 0.420. The number of ether oxygens (including phenoxy) is 3. The number of thiazole rings is 1. The van der Waals surface area contributed by atoms with Crippen molar-refractivity contribution in [1.29, 1.82) is 0 Å². The molecular weight excluding hydrogens is 440 g/mol. The van der Waals surface area contributed by atoms with Gasteiger partial charge in [-0.25, -0.2) is 9.78 Å². The maximum absolute atomic E-state index is 12.5. The van der Waals surface area contributed by atoms with E-state index < -0.39 is 5.97 Å². The third-order valence-electron chi connectivity index (χ3n) is 4.57. The summed E-state index contributed by atoms with van der Waals surface area (Å²) in [4.78, 5) is 29.1. The number of nitrogens with zero attached hydrogens (tertiary/aromatic N) is 1. The molecule has 174 valence electrons. The van der Waals surface area contributed by atoms with Gasteiger partial charge in [-0.2, -0.15) is 0 Å². The Morgan fingerprint density at radius 1 is 1.09 bits per heavy atom. The van der Waals surface area contributed by atoms with Crippen LogP contribution in [0.25, 0.3) is 0 Å². The van der Waals surface area contributed by atoms with Gasteiger partial charge in [-0.3, -0.25) is 4.79 Å². The van der Waals surface area contributed by atoms with E-state index in [1.807, 2.05) is 31.2 Å². The highest BCUT2D eigenvalue weighted by atomic mass is 32.1. The van der Waals surface area contributed by atoms with Crippen molar-refractivity contribution >= 4 is 28.9 Å². The van der Waals surface area contributed by atoms with E-state index in [0.717, 1.165) is 11.3 Å². The van der Waals surface area contributed by atoms with Crippen molar-refractivity contribution in [2.75, 3.05) is 19.0 Å². The second kappa shape index (κ2) is 11.5. The van der Waals surface area contributed by atoms with Crippen LogP contribution in [0.2, 0.25) is 0 Å². The molecule has 33 heavy (non-hydrogen) atoms. The second-order valence-corrected chi connectivity index (χ2v) is 8.91. The Labute approximate surface area is 197 Å². The molecule has 0 unspecified atom stereocenters. The molecule has 0 aliphatic heterocycles.